The molecular formula is C4H13O13P3. The normalized spacial score (nSPS) is 16.9. The molecule has 122 valence electrons. The van der Waals surface area contributed by atoms with Gasteiger partial charge in [0, 0.05) is 0 Å². The van der Waals surface area contributed by atoms with E-state index in [-0.39, 0.29) is 0 Å². The van der Waals surface area contributed by atoms with Crippen molar-refractivity contribution >= 4 is 23.5 Å². The maximum absolute atomic E-state index is 10.6. The number of phosphoric acid groups is 3. The molecule has 0 aromatic heterocycles. The molecule has 0 bridgehead atoms. The molecule has 0 aromatic rings. The summed E-state index contributed by atoms with van der Waals surface area (Å²) in [6.07, 6.45) is -4.06. The lowest BCUT2D eigenvalue weighted by atomic mass is 10.2. The van der Waals surface area contributed by atoms with Gasteiger partial charge in [-0.15, -0.1) is 0 Å². The summed E-state index contributed by atoms with van der Waals surface area (Å²) in [6, 6.07) is 0. The number of aliphatic hydroxyl groups excluding tert-OH is 1. The number of hydrogen-bond donors (Lipinski definition) is 7. The molecule has 0 radical (unpaired) electrons. The van der Waals surface area contributed by atoms with Crippen LogP contribution in [-0.4, -0.2) is 59.9 Å². The second kappa shape index (κ2) is 7.52. The fraction of sp³-hybridized carbons (Fsp3) is 1.00. The Balaban J connectivity index is 5.01. The fourth-order valence-corrected chi connectivity index (χ4v) is 2.39. The second-order valence-electron chi connectivity index (χ2n) is 3.24. The minimum Gasteiger partial charge on any atom is -0.394 e. The van der Waals surface area contributed by atoms with Crippen LogP contribution in [0.4, 0.5) is 0 Å². The van der Waals surface area contributed by atoms with Gasteiger partial charge in [0.2, 0.25) is 0 Å². The van der Waals surface area contributed by atoms with Crippen LogP contribution < -0.4 is 0 Å². The van der Waals surface area contributed by atoms with Crippen LogP contribution in [-0.2, 0) is 27.3 Å². The quantitative estimate of drug-likeness (QED) is 0.222. The number of aliphatic hydroxyl groups is 1. The van der Waals surface area contributed by atoms with Crippen molar-refractivity contribution in [3.05, 3.63) is 0 Å². The molecule has 0 unspecified atom stereocenters. The Morgan fingerprint density at radius 2 is 1.15 bits per heavy atom. The monoisotopic (exact) mass is 362 g/mol. The molecule has 0 aliphatic rings. The van der Waals surface area contributed by atoms with E-state index in [9.17, 15) is 13.7 Å². The van der Waals surface area contributed by atoms with Crippen molar-refractivity contribution in [2.45, 2.75) is 12.2 Å². The van der Waals surface area contributed by atoms with Crippen LogP contribution in [0.1, 0.15) is 0 Å². The lowest BCUT2D eigenvalue weighted by Crippen LogP contribution is -2.37. The predicted octanol–water partition coefficient (Wildman–Crippen LogP) is -1.96. The highest BCUT2D eigenvalue weighted by atomic mass is 31.2. The maximum Gasteiger partial charge on any atom is 0.470 e. The van der Waals surface area contributed by atoms with Crippen LogP contribution in [0, 0.1) is 0 Å². The van der Waals surface area contributed by atoms with Gasteiger partial charge in [-0.25, -0.2) is 13.7 Å². The first-order chi connectivity index (χ1) is 8.73. The Hall–Kier alpha value is 0.290. The molecule has 20 heavy (non-hydrogen) atoms. The molecule has 0 aliphatic carbocycles. The summed E-state index contributed by atoms with van der Waals surface area (Å²) in [7, 11) is -15.4. The zero-order valence-electron chi connectivity index (χ0n) is 9.49. The molecule has 0 heterocycles. The van der Waals surface area contributed by atoms with Crippen LogP contribution in [0.25, 0.3) is 0 Å². The molecule has 0 fully saturated rings. The van der Waals surface area contributed by atoms with Gasteiger partial charge >= 0.3 is 23.5 Å². The van der Waals surface area contributed by atoms with Crippen LogP contribution in [0.3, 0.4) is 0 Å². The van der Waals surface area contributed by atoms with Crippen molar-refractivity contribution in [2.75, 3.05) is 13.2 Å². The van der Waals surface area contributed by atoms with Gasteiger partial charge in [-0.2, -0.15) is 0 Å². The highest BCUT2D eigenvalue weighted by Gasteiger charge is 2.36. The molecule has 0 aliphatic heterocycles. The van der Waals surface area contributed by atoms with Gasteiger partial charge in [-0.3, -0.25) is 13.6 Å². The first-order valence-corrected chi connectivity index (χ1v) is 9.11. The minimum atomic E-state index is -5.21. The zero-order valence-corrected chi connectivity index (χ0v) is 12.2. The summed E-state index contributed by atoms with van der Waals surface area (Å²) in [5.41, 5.74) is 0. The summed E-state index contributed by atoms with van der Waals surface area (Å²) in [6.45, 7) is -2.39. The van der Waals surface area contributed by atoms with Crippen LogP contribution >= 0.6 is 23.5 Å². The smallest absolute Gasteiger partial charge is 0.394 e. The highest BCUT2D eigenvalue weighted by Crippen LogP contribution is 2.44. The summed E-state index contributed by atoms with van der Waals surface area (Å²) < 4.78 is 43.6. The zero-order chi connectivity index (χ0) is 16.2. The van der Waals surface area contributed by atoms with Crippen LogP contribution in [0.5, 0.6) is 0 Å². The molecule has 7 N–H and O–H groups in total. The number of phosphoric ester groups is 3. The molecule has 0 spiro atoms. The van der Waals surface area contributed by atoms with Crippen molar-refractivity contribution in [3.63, 3.8) is 0 Å². The van der Waals surface area contributed by atoms with Crippen molar-refractivity contribution in [1.29, 1.82) is 0 Å². The average molecular weight is 362 g/mol. The second-order valence-corrected chi connectivity index (χ2v) is 6.86. The number of hydrogen-bond acceptors (Lipinski definition) is 7. The van der Waals surface area contributed by atoms with Crippen molar-refractivity contribution < 1.29 is 61.7 Å². The standard InChI is InChI=1S/C4H13O13P3/c5-1-3(16-19(9,10)11)4(17-20(12,13)14)2-15-18(6,7)8/h3-5H,1-2H2,(H2,6,7,8)(H2,9,10,11)(H2,12,13,14)/t3-,4-/m1/s1. The third-order valence-corrected chi connectivity index (χ3v) is 3.12. The average Bonchev–Trinajstić information content (AvgIpc) is 2.16. The van der Waals surface area contributed by atoms with Crippen molar-refractivity contribution in [2.24, 2.45) is 0 Å². The van der Waals surface area contributed by atoms with E-state index in [0.717, 1.165) is 0 Å². The van der Waals surface area contributed by atoms with E-state index in [0.29, 0.717) is 0 Å². The van der Waals surface area contributed by atoms with Crippen molar-refractivity contribution in [3.8, 4) is 0 Å². The minimum absolute atomic E-state index is 1.18. The molecule has 0 saturated carbocycles. The molecule has 0 amide bonds. The molecule has 13 nitrogen and oxygen atoms in total. The van der Waals surface area contributed by atoms with Gasteiger partial charge in [-0.05, 0) is 0 Å². The Morgan fingerprint density at radius 1 is 0.750 bits per heavy atom. The van der Waals surface area contributed by atoms with Gasteiger partial charge in [0.1, 0.15) is 12.2 Å². The van der Waals surface area contributed by atoms with Crippen LogP contribution in [0.2, 0.25) is 0 Å². The Kier molecular flexibility index (Phi) is 7.63. The molecule has 2 atom stereocenters. The summed E-state index contributed by atoms with van der Waals surface area (Å²) in [5.74, 6) is 0. The van der Waals surface area contributed by atoms with Crippen molar-refractivity contribution in [1.82, 2.24) is 0 Å². The summed E-state index contributed by atoms with van der Waals surface area (Å²) in [4.78, 5) is 51.1. The maximum atomic E-state index is 10.6. The number of rotatable bonds is 9. The van der Waals surface area contributed by atoms with Gasteiger partial charge < -0.3 is 34.5 Å². The Labute approximate surface area is 111 Å². The highest BCUT2D eigenvalue weighted by molar-refractivity contribution is 7.47. The van der Waals surface area contributed by atoms with Gasteiger partial charge in [0.15, 0.2) is 0 Å². The largest absolute Gasteiger partial charge is 0.470 e. The first-order valence-electron chi connectivity index (χ1n) is 4.52. The van der Waals surface area contributed by atoms with Gasteiger partial charge in [-0.1, -0.05) is 0 Å². The van der Waals surface area contributed by atoms with E-state index < -0.39 is 48.9 Å². The molecule has 0 rings (SSSR count). The first kappa shape index (κ1) is 20.3. The van der Waals surface area contributed by atoms with E-state index in [1.807, 2.05) is 0 Å². The van der Waals surface area contributed by atoms with E-state index in [4.69, 9.17) is 34.5 Å². The Bertz CT molecular complexity index is 429. The third kappa shape index (κ3) is 11.0. The molecule has 16 heteroatoms. The van der Waals surface area contributed by atoms with E-state index >= 15 is 0 Å². The lowest BCUT2D eigenvalue weighted by Gasteiger charge is -2.25. The SMILES string of the molecule is O=P(O)(O)OC[C@@H](OP(=O)(O)O)[C@@H](CO)OP(=O)(O)O. The lowest BCUT2D eigenvalue weighted by molar-refractivity contribution is -0.0350. The van der Waals surface area contributed by atoms with E-state index in [1.165, 1.54) is 0 Å². The summed E-state index contributed by atoms with van der Waals surface area (Å²) in [5, 5.41) is 8.84. The third-order valence-electron chi connectivity index (χ3n) is 1.55. The molecule has 0 aromatic carbocycles. The van der Waals surface area contributed by atoms with Crippen LogP contribution in [0.15, 0.2) is 0 Å². The summed E-state index contributed by atoms with van der Waals surface area (Å²) >= 11 is 0. The topological polar surface area (TPSA) is 221 Å². The Morgan fingerprint density at radius 3 is 1.45 bits per heavy atom. The molecular weight excluding hydrogens is 349 g/mol. The van der Waals surface area contributed by atoms with E-state index in [2.05, 4.69) is 13.6 Å². The fourth-order valence-electron chi connectivity index (χ4n) is 0.948. The van der Waals surface area contributed by atoms with E-state index in [1.54, 1.807) is 0 Å². The predicted molar refractivity (Wildman–Crippen MR) is 58.9 cm³/mol. The van der Waals surface area contributed by atoms with Gasteiger partial charge in [0.25, 0.3) is 0 Å². The van der Waals surface area contributed by atoms with Gasteiger partial charge in [0.05, 0.1) is 13.2 Å². The molecule has 0 saturated heterocycles.